The third-order valence-electron chi connectivity index (χ3n) is 2.72. The predicted octanol–water partition coefficient (Wildman–Crippen LogP) is 1.14. The molecular weight excluding hydrogens is 290 g/mol. The number of sulfonamides is 1. The molecule has 2 N–H and O–H groups in total. The standard InChI is InChI=1S/C15H15NO4S/c17-11-1-3-13-5-7-15(8-6-13)21(18,19)16-10-9-14-4-2-12-20-14/h2,4-8,12,16-17H,9-11H2. The number of nitrogens with one attached hydrogen (secondary N) is 1. The normalized spacial score (nSPS) is 10.9. The molecule has 0 unspecified atom stereocenters. The first kappa shape index (κ1) is 15.3. The summed E-state index contributed by atoms with van der Waals surface area (Å²) in [4.78, 5) is 0.177. The van der Waals surface area contributed by atoms with Gasteiger partial charge in [-0.15, -0.1) is 0 Å². The second-order valence-electron chi connectivity index (χ2n) is 4.21. The Morgan fingerprint density at radius 2 is 1.95 bits per heavy atom. The van der Waals surface area contributed by atoms with Gasteiger partial charge in [0.25, 0.3) is 0 Å². The molecule has 0 aliphatic heterocycles. The SMILES string of the molecule is O=S(=O)(NCCc1ccco1)c1ccc(C#CCO)cc1. The van der Waals surface area contributed by atoms with E-state index < -0.39 is 10.0 Å². The van der Waals surface area contributed by atoms with Gasteiger partial charge < -0.3 is 9.52 Å². The Bertz CT molecular complexity index is 722. The van der Waals surface area contributed by atoms with Gasteiger partial charge >= 0.3 is 0 Å². The Hall–Kier alpha value is -2.07. The molecule has 0 atom stereocenters. The average molecular weight is 305 g/mol. The van der Waals surface area contributed by atoms with Gasteiger partial charge in [0.1, 0.15) is 12.4 Å². The topological polar surface area (TPSA) is 79.5 Å². The van der Waals surface area contributed by atoms with Crippen LogP contribution in [-0.4, -0.2) is 26.7 Å². The number of benzene rings is 1. The molecule has 6 heteroatoms. The van der Waals surface area contributed by atoms with Crippen LogP contribution in [0.3, 0.4) is 0 Å². The Morgan fingerprint density at radius 3 is 2.57 bits per heavy atom. The van der Waals surface area contributed by atoms with E-state index in [0.29, 0.717) is 12.0 Å². The Morgan fingerprint density at radius 1 is 1.19 bits per heavy atom. The van der Waals surface area contributed by atoms with Crippen molar-refractivity contribution in [1.29, 1.82) is 0 Å². The molecule has 1 heterocycles. The van der Waals surface area contributed by atoms with Crippen LogP contribution in [0.2, 0.25) is 0 Å². The van der Waals surface area contributed by atoms with Crippen LogP contribution < -0.4 is 4.72 Å². The third-order valence-corrected chi connectivity index (χ3v) is 4.20. The number of rotatable bonds is 5. The van der Waals surface area contributed by atoms with E-state index in [2.05, 4.69) is 16.6 Å². The molecule has 0 spiro atoms. The highest BCUT2D eigenvalue weighted by molar-refractivity contribution is 7.89. The van der Waals surface area contributed by atoms with Crippen LogP contribution in [0.15, 0.2) is 52.0 Å². The monoisotopic (exact) mass is 305 g/mol. The van der Waals surface area contributed by atoms with E-state index >= 15 is 0 Å². The summed E-state index contributed by atoms with van der Waals surface area (Å²) in [7, 11) is -3.54. The number of aliphatic hydroxyl groups is 1. The van der Waals surface area contributed by atoms with Crippen LogP contribution in [0.1, 0.15) is 11.3 Å². The van der Waals surface area contributed by atoms with E-state index in [4.69, 9.17) is 9.52 Å². The molecule has 2 rings (SSSR count). The van der Waals surface area contributed by atoms with Gasteiger partial charge in [-0.05, 0) is 36.4 Å². The van der Waals surface area contributed by atoms with E-state index in [9.17, 15) is 8.42 Å². The van der Waals surface area contributed by atoms with Gasteiger partial charge in [-0.1, -0.05) is 11.8 Å². The van der Waals surface area contributed by atoms with E-state index in [1.54, 1.807) is 30.5 Å². The fourth-order valence-electron chi connectivity index (χ4n) is 1.71. The van der Waals surface area contributed by atoms with Crippen molar-refractivity contribution in [1.82, 2.24) is 4.72 Å². The van der Waals surface area contributed by atoms with Crippen molar-refractivity contribution in [3.05, 3.63) is 54.0 Å². The summed E-state index contributed by atoms with van der Waals surface area (Å²) in [6.07, 6.45) is 2.04. The third kappa shape index (κ3) is 4.46. The highest BCUT2D eigenvalue weighted by Crippen LogP contribution is 2.10. The van der Waals surface area contributed by atoms with Crippen LogP contribution in [0.25, 0.3) is 0 Å². The lowest BCUT2D eigenvalue weighted by Gasteiger charge is -2.06. The zero-order valence-corrected chi connectivity index (χ0v) is 12.1. The molecule has 0 aliphatic carbocycles. The lowest BCUT2D eigenvalue weighted by atomic mass is 10.2. The van der Waals surface area contributed by atoms with E-state index in [0.717, 1.165) is 5.76 Å². The molecule has 2 aromatic rings. The second kappa shape index (κ2) is 7.09. The second-order valence-corrected chi connectivity index (χ2v) is 5.98. The van der Waals surface area contributed by atoms with Crippen molar-refractivity contribution in [2.45, 2.75) is 11.3 Å². The maximum absolute atomic E-state index is 12.1. The van der Waals surface area contributed by atoms with E-state index in [-0.39, 0.29) is 18.0 Å². The number of hydrogen-bond donors (Lipinski definition) is 2. The minimum absolute atomic E-state index is 0.177. The van der Waals surface area contributed by atoms with Crippen molar-refractivity contribution in [3.63, 3.8) is 0 Å². The molecule has 1 aromatic heterocycles. The molecule has 0 saturated heterocycles. The van der Waals surface area contributed by atoms with Gasteiger partial charge in [0.15, 0.2) is 0 Å². The Kier molecular flexibility index (Phi) is 5.17. The van der Waals surface area contributed by atoms with Crippen LogP contribution in [0.5, 0.6) is 0 Å². The van der Waals surface area contributed by atoms with Gasteiger partial charge in [0, 0.05) is 18.5 Å². The minimum atomic E-state index is -3.54. The van der Waals surface area contributed by atoms with Crippen molar-refractivity contribution in [2.24, 2.45) is 0 Å². The first-order valence-electron chi connectivity index (χ1n) is 6.34. The first-order chi connectivity index (χ1) is 10.1. The van der Waals surface area contributed by atoms with Crippen molar-refractivity contribution < 1.29 is 17.9 Å². The summed E-state index contributed by atoms with van der Waals surface area (Å²) in [6, 6.07) is 9.72. The predicted molar refractivity (Wildman–Crippen MR) is 78.0 cm³/mol. The minimum Gasteiger partial charge on any atom is -0.469 e. The number of furan rings is 1. The fourth-order valence-corrected chi connectivity index (χ4v) is 2.74. The van der Waals surface area contributed by atoms with Gasteiger partial charge in [-0.2, -0.15) is 0 Å². The van der Waals surface area contributed by atoms with E-state index in [1.165, 1.54) is 12.1 Å². The van der Waals surface area contributed by atoms with Gasteiger partial charge in [-0.3, -0.25) is 0 Å². The summed E-state index contributed by atoms with van der Waals surface area (Å²) in [6.45, 7) is 0.0380. The average Bonchev–Trinajstić information content (AvgIpc) is 2.98. The molecular formula is C15H15NO4S. The first-order valence-corrected chi connectivity index (χ1v) is 7.82. The van der Waals surface area contributed by atoms with Gasteiger partial charge in [0.05, 0.1) is 11.2 Å². The molecule has 0 amide bonds. The molecule has 0 saturated carbocycles. The molecule has 0 bridgehead atoms. The van der Waals surface area contributed by atoms with Crippen LogP contribution in [0.4, 0.5) is 0 Å². The Labute approximate surface area is 123 Å². The summed E-state index contributed by atoms with van der Waals surface area (Å²) >= 11 is 0. The maximum Gasteiger partial charge on any atom is 0.240 e. The van der Waals surface area contributed by atoms with Crippen molar-refractivity contribution in [3.8, 4) is 11.8 Å². The van der Waals surface area contributed by atoms with Gasteiger partial charge in [-0.25, -0.2) is 13.1 Å². The quantitative estimate of drug-likeness (QED) is 0.812. The van der Waals surface area contributed by atoms with Crippen molar-refractivity contribution >= 4 is 10.0 Å². The lowest BCUT2D eigenvalue weighted by molar-refractivity contribution is 0.350. The molecule has 0 radical (unpaired) electrons. The molecule has 21 heavy (non-hydrogen) atoms. The Balaban J connectivity index is 1.98. The fraction of sp³-hybridized carbons (Fsp3) is 0.200. The summed E-state index contributed by atoms with van der Waals surface area (Å²) < 4.78 is 31.8. The summed E-state index contributed by atoms with van der Waals surface area (Å²) in [5, 5.41) is 8.60. The number of hydrogen-bond acceptors (Lipinski definition) is 4. The molecule has 0 fully saturated rings. The highest BCUT2D eigenvalue weighted by atomic mass is 32.2. The smallest absolute Gasteiger partial charge is 0.240 e. The lowest BCUT2D eigenvalue weighted by Crippen LogP contribution is -2.25. The number of aliphatic hydroxyl groups excluding tert-OH is 1. The van der Waals surface area contributed by atoms with E-state index in [1.807, 2.05) is 0 Å². The van der Waals surface area contributed by atoms with Crippen LogP contribution >= 0.6 is 0 Å². The van der Waals surface area contributed by atoms with Gasteiger partial charge in [0.2, 0.25) is 10.0 Å². The zero-order valence-electron chi connectivity index (χ0n) is 11.2. The molecule has 0 aliphatic rings. The highest BCUT2D eigenvalue weighted by Gasteiger charge is 2.13. The van der Waals surface area contributed by atoms with Crippen LogP contribution in [-0.2, 0) is 16.4 Å². The summed E-state index contributed by atoms with van der Waals surface area (Å²) in [5.74, 6) is 5.94. The van der Waals surface area contributed by atoms with Crippen LogP contribution in [0, 0.1) is 11.8 Å². The molecule has 1 aromatic carbocycles. The maximum atomic E-state index is 12.1. The molecule has 5 nitrogen and oxygen atoms in total. The zero-order chi connectivity index (χ0) is 15.1. The largest absolute Gasteiger partial charge is 0.469 e. The van der Waals surface area contributed by atoms with Crippen molar-refractivity contribution in [2.75, 3.05) is 13.2 Å². The summed E-state index contributed by atoms with van der Waals surface area (Å²) in [5.41, 5.74) is 0.651. The molecule has 110 valence electrons.